The maximum Gasteiger partial charge on any atom is 0.271 e. The minimum absolute atomic E-state index is 0.000377. The van der Waals surface area contributed by atoms with Crippen LogP contribution in [-0.4, -0.2) is 45.7 Å². The Kier molecular flexibility index (Phi) is 6.62. The highest BCUT2D eigenvalue weighted by molar-refractivity contribution is 6.02. The Morgan fingerprint density at radius 1 is 1.25 bits per heavy atom. The second-order valence-corrected chi connectivity index (χ2v) is 7.48. The largest absolute Gasteiger partial charge is 0.354 e. The third kappa shape index (κ3) is 4.33. The lowest BCUT2D eigenvalue weighted by atomic mass is 10.0. The summed E-state index contributed by atoms with van der Waals surface area (Å²) in [5.74, 6) is -0.0374. The monoisotopic (exact) mass is 382 g/mol. The summed E-state index contributed by atoms with van der Waals surface area (Å²) in [6, 6.07) is 5.94. The number of nitrogens with zero attached hydrogens (tertiary/aromatic N) is 2. The molecule has 1 saturated heterocycles. The van der Waals surface area contributed by atoms with Gasteiger partial charge in [0.2, 0.25) is 0 Å². The van der Waals surface area contributed by atoms with Crippen molar-refractivity contribution in [3.63, 3.8) is 0 Å². The molecule has 1 aliphatic heterocycles. The first-order valence-corrected chi connectivity index (χ1v) is 10.2. The molecule has 6 nitrogen and oxygen atoms in total. The van der Waals surface area contributed by atoms with Crippen LogP contribution in [0.5, 0.6) is 0 Å². The van der Waals surface area contributed by atoms with Crippen molar-refractivity contribution < 1.29 is 9.59 Å². The van der Waals surface area contributed by atoms with Gasteiger partial charge in [-0.3, -0.25) is 14.6 Å². The van der Waals surface area contributed by atoms with Gasteiger partial charge in [-0.1, -0.05) is 13.0 Å². The first kappa shape index (κ1) is 20.3. The summed E-state index contributed by atoms with van der Waals surface area (Å²) < 4.78 is 0. The van der Waals surface area contributed by atoms with Gasteiger partial charge >= 0.3 is 0 Å². The number of hydrogen-bond acceptors (Lipinski definition) is 4. The van der Waals surface area contributed by atoms with Gasteiger partial charge in [-0.2, -0.15) is 0 Å². The van der Waals surface area contributed by atoms with Crippen molar-refractivity contribution in [1.82, 2.24) is 20.2 Å². The second kappa shape index (κ2) is 9.15. The number of carbonyl (C=O) groups excluding carboxylic acids is 2. The van der Waals surface area contributed by atoms with Crippen LogP contribution in [0.25, 0.3) is 0 Å². The molecule has 3 heterocycles. The van der Waals surface area contributed by atoms with Gasteiger partial charge < -0.3 is 15.2 Å². The van der Waals surface area contributed by atoms with E-state index >= 15 is 0 Å². The first-order chi connectivity index (χ1) is 13.5. The summed E-state index contributed by atoms with van der Waals surface area (Å²) in [6.45, 7) is 7.78. The average Bonchev–Trinajstić information content (AvgIpc) is 2.84. The van der Waals surface area contributed by atoms with Gasteiger partial charge in [-0.05, 0) is 70.3 Å². The van der Waals surface area contributed by atoms with Crippen molar-refractivity contribution in [2.75, 3.05) is 13.1 Å². The number of rotatable bonds is 6. The lowest BCUT2D eigenvalue weighted by Crippen LogP contribution is -2.41. The first-order valence-electron chi connectivity index (χ1n) is 10.2. The second-order valence-electron chi connectivity index (χ2n) is 7.48. The van der Waals surface area contributed by atoms with Gasteiger partial charge in [-0.15, -0.1) is 0 Å². The number of nitrogens with one attached hydrogen (secondary N) is 2. The molecule has 28 heavy (non-hydrogen) atoms. The third-order valence-electron chi connectivity index (χ3n) is 5.52. The molecule has 1 aliphatic rings. The minimum Gasteiger partial charge on any atom is -0.354 e. The van der Waals surface area contributed by atoms with E-state index in [-0.39, 0.29) is 17.7 Å². The molecule has 1 unspecified atom stereocenters. The van der Waals surface area contributed by atoms with E-state index in [1.54, 1.807) is 13.1 Å². The van der Waals surface area contributed by atoms with Crippen LogP contribution in [0, 0.1) is 6.92 Å². The number of H-pyrrole nitrogens is 1. The van der Waals surface area contributed by atoms with Crippen LogP contribution in [0.15, 0.2) is 24.4 Å². The van der Waals surface area contributed by atoms with Crippen LogP contribution >= 0.6 is 0 Å². The normalized spacial score (nSPS) is 17.2. The predicted molar refractivity (Wildman–Crippen MR) is 110 cm³/mol. The van der Waals surface area contributed by atoms with Gasteiger partial charge in [-0.25, -0.2) is 0 Å². The lowest BCUT2D eigenvalue weighted by molar-refractivity contribution is 0.0635. The molecule has 1 amide bonds. The highest BCUT2D eigenvalue weighted by Crippen LogP contribution is 2.25. The fourth-order valence-electron chi connectivity index (χ4n) is 4.18. The zero-order valence-electron chi connectivity index (χ0n) is 17.0. The fourth-order valence-corrected chi connectivity index (χ4v) is 4.18. The van der Waals surface area contributed by atoms with E-state index in [9.17, 15) is 9.59 Å². The van der Waals surface area contributed by atoms with Crippen LogP contribution in [0.4, 0.5) is 0 Å². The summed E-state index contributed by atoms with van der Waals surface area (Å²) in [5.41, 5.74) is 3.69. The number of Topliss-reactive ketones (excluding diaryl/α,β-unsaturated/α-hetero) is 1. The van der Waals surface area contributed by atoms with Crippen LogP contribution in [0.3, 0.4) is 0 Å². The van der Waals surface area contributed by atoms with E-state index in [0.29, 0.717) is 24.2 Å². The molecule has 1 atom stereocenters. The number of aryl methyl sites for hydroxylation is 1. The number of aromatic nitrogens is 2. The van der Waals surface area contributed by atoms with Crippen LogP contribution in [-0.2, 0) is 13.0 Å². The van der Waals surface area contributed by atoms with Crippen LogP contribution in [0.1, 0.15) is 70.9 Å². The highest BCUT2D eigenvalue weighted by Gasteiger charge is 2.30. The maximum absolute atomic E-state index is 13.7. The van der Waals surface area contributed by atoms with Crippen molar-refractivity contribution in [3.8, 4) is 0 Å². The molecule has 6 heteroatoms. The quantitative estimate of drug-likeness (QED) is 0.752. The van der Waals surface area contributed by atoms with E-state index in [0.717, 1.165) is 49.3 Å². The summed E-state index contributed by atoms with van der Waals surface area (Å²) >= 11 is 0. The summed E-state index contributed by atoms with van der Waals surface area (Å²) in [4.78, 5) is 35.4. The van der Waals surface area contributed by atoms with Crippen molar-refractivity contribution in [2.45, 2.75) is 59.0 Å². The molecule has 2 N–H and O–H groups in total. The SMILES string of the molecule is CCc1c(C(=O)N(Cc2ccccn2)C2CCCNCC2)[nH]c(C)c1C(C)=O. The molecular weight excluding hydrogens is 352 g/mol. The smallest absolute Gasteiger partial charge is 0.271 e. The highest BCUT2D eigenvalue weighted by atomic mass is 16.2. The minimum atomic E-state index is -0.0370. The lowest BCUT2D eigenvalue weighted by Gasteiger charge is -2.31. The van der Waals surface area contributed by atoms with Gasteiger partial charge in [0.15, 0.2) is 5.78 Å². The van der Waals surface area contributed by atoms with Crippen LogP contribution < -0.4 is 5.32 Å². The van der Waals surface area contributed by atoms with Gasteiger partial charge in [0, 0.05) is 23.5 Å². The van der Waals surface area contributed by atoms with E-state index in [4.69, 9.17) is 0 Å². The van der Waals surface area contributed by atoms with E-state index in [1.165, 1.54) is 0 Å². The average molecular weight is 383 g/mol. The Labute approximate surface area is 166 Å². The fraction of sp³-hybridized carbons (Fsp3) is 0.500. The topological polar surface area (TPSA) is 78.1 Å². The van der Waals surface area contributed by atoms with Gasteiger partial charge in [0.05, 0.1) is 12.2 Å². The third-order valence-corrected chi connectivity index (χ3v) is 5.52. The molecule has 0 spiro atoms. The molecule has 0 saturated carbocycles. The van der Waals surface area contributed by atoms with Crippen molar-refractivity contribution >= 4 is 11.7 Å². The van der Waals surface area contributed by atoms with Crippen molar-refractivity contribution in [1.29, 1.82) is 0 Å². The van der Waals surface area contributed by atoms with E-state index < -0.39 is 0 Å². The number of amides is 1. The predicted octanol–water partition coefficient (Wildman–Crippen LogP) is 3.27. The standard InChI is InChI=1S/C22H30N4O2/c1-4-19-20(16(3)27)15(2)25-21(19)22(28)26(14-17-8-5-6-12-24-17)18-9-7-11-23-13-10-18/h5-6,8,12,18,23,25H,4,7,9-11,13-14H2,1-3H3. The number of carbonyl (C=O) groups is 2. The molecule has 2 aromatic heterocycles. The number of pyridine rings is 1. The molecule has 0 aromatic carbocycles. The Morgan fingerprint density at radius 3 is 2.75 bits per heavy atom. The molecular formula is C22H30N4O2. The summed E-state index contributed by atoms with van der Waals surface area (Å²) in [6.07, 6.45) is 5.33. The van der Waals surface area contributed by atoms with Crippen LogP contribution in [0.2, 0.25) is 0 Å². The molecule has 2 aromatic rings. The Bertz CT molecular complexity index is 821. The molecule has 0 radical (unpaired) electrons. The van der Waals surface area contributed by atoms with Gasteiger partial charge in [0.25, 0.3) is 5.91 Å². The zero-order chi connectivity index (χ0) is 20.1. The molecule has 0 aliphatic carbocycles. The Morgan fingerprint density at radius 2 is 2.07 bits per heavy atom. The Balaban J connectivity index is 1.98. The zero-order valence-corrected chi connectivity index (χ0v) is 17.0. The molecule has 0 bridgehead atoms. The summed E-state index contributed by atoms with van der Waals surface area (Å²) in [7, 11) is 0. The van der Waals surface area contributed by atoms with E-state index in [1.807, 2.05) is 36.9 Å². The van der Waals surface area contributed by atoms with Crippen molar-refractivity contribution in [2.24, 2.45) is 0 Å². The summed E-state index contributed by atoms with van der Waals surface area (Å²) in [5, 5.41) is 3.42. The maximum atomic E-state index is 13.7. The van der Waals surface area contributed by atoms with Gasteiger partial charge in [0.1, 0.15) is 5.69 Å². The number of ketones is 1. The van der Waals surface area contributed by atoms with E-state index in [2.05, 4.69) is 15.3 Å². The molecule has 150 valence electrons. The molecule has 3 rings (SSSR count). The Hall–Kier alpha value is -2.47. The number of hydrogen-bond donors (Lipinski definition) is 2. The van der Waals surface area contributed by atoms with Crippen molar-refractivity contribution in [3.05, 3.63) is 52.6 Å². The molecule has 1 fully saturated rings. The number of aromatic amines is 1.